The van der Waals surface area contributed by atoms with Crippen LogP contribution in [0, 0.1) is 6.92 Å². The van der Waals surface area contributed by atoms with Crippen LogP contribution in [0.3, 0.4) is 0 Å². The van der Waals surface area contributed by atoms with Gasteiger partial charge in [-0.15, -0.1) is 5.10 Å². The van der Waals surface area contributed by atoms with Crippen molar-refractivity contribution >= 4 is 21.9 Å². The van der Waals surface area contributed by atoms with Crippen molar-refractivity contribution in [3.8, 4) is 16.9 Å². The van der Waals surface area contributed by atoms with Crippen LogP contribution >= 0.6 is 15.9 Å². The molecule has 0 fully saturated rings. The fourth-order valence-electron chi connectivity index (χ4n) is 2.47. The van der Waals surface area contributed by atoms with Crippen LogP contribution in [0.1, 0.15) is 21.5 Å². The molecule has 9 heteroatoms. The topological polar surface area (TPSA) is 57.0 Å². The number of hydrogen-bond donors (Lipinski definition) is 0. The number of esters is 1. The highest BCUT2D eigenvalue weighted by Crippen LogP contribution is 2.30. The predicted molar refractivity (Wildman–Crippen MR) is 95.6 cm³/mol. The third-order valence-corrected chi connectivity index (χ3v) is 4.82. The Kier molecular flexibility index (Phi) is 5.05. The molecule has 3 rings (SSSR count). The highest BCUT2D eigenvalue weighted by atomic mass is 79.9. The molecule has 0 aliphatic heterocycles. The van der Waals surface area contributed by atoms with Gasteiger partial charge >= 0.3 is 12.1 Å². The van der Waals surface area contributed by atoms with Crippen molar-refractivity contribution in [2.24, 2.45) is 0 Å². The molecule has 0 unspecified atom stereocenters. The first kappa shape index (κ1) is 19.1. The van der Waals surface area contributed by atoms with E-state index < -0.39 is 17.7 Å². The van der Waals surface area contributed by atoms with Crippen LogP contribution in [0.5, 0.6) is 0 Å². The third-order valence-electron chi connectivity index (χ3n) is 4.00. The average molecular weight is 440 g/mol. The lowest BCUT2D eigenvalue weighted by Crippen LogP contribution is -2.05. The fraction of sp³-hybridized carbons (Fsp3) is 0.167. The van der Waals surface area contributed by atoms with Crippen LogP contribution in [-0.2, 0) is 10.9 Å². The second kappa shape index (κ2) is 7.15. The average Bonchev–Trinajstić information content (AvgIpc) is 3.12. The van der Waals surface area contributed by atoms with Crippen molar-refractivity contribution in [2.75, 3.05) is 7.11 Å². The number of halogens is 4. The summed E-state index contributed by atoms with van der Waals surface area (Å²) in [5, 5.41) is 8.00. The quantitative estimate of drug-likeness (QED) is 0.549. The van der Waals surface area contributed by atoms with E-state index in [4.69, 9.17) is 4.74 Å². The maximum absolute atomic E-state index is 12.7. The molecule has 1 aromatic heterocycles. The second-order valence-electron chi connectivity index (χ2n) is 5.72. The smallest absolute Gasteiger partial charge is 0.416 e. The summed E-state index contributed by atoms with van der Waals surface area (Å²) in [5.41, 5.74) is 1.87. The molecule has 0 aliphatic carbocycles. The minimum atomic E-state index is -4.40. The van der Waals surface area contributed by atoms with Gasteiger partial charge in [0.05, 0.1) is 30.1 Å². The van der Waals surface area contributed by atoms with E-state index in [-0.39, 0.29) is 0 Å². The van der Waals surface area contributed by atoms with Crippen molar-refractivity contribution < 1.29 is 22.7 Å². The lowest BCUT2D eigenvalue weighted by atomic mass is 10.0. The van der Waals surface area contributed by atoms with Crippen molar-refractivity contribution in [3.05, 3.63) is 63.8 Å². The van der Waals surface area contributed by atoms with Crippen LogP contribution in [0.15, 0.2) is 47.1 Å². The molecule has 0 bridgehead atoms. The van der Waals surface area contributed by atoms with Gasteiger partial charge < -0.3 is 4.74 Å². The molecule has 27 heavy (non-hydrogen) atoms. The molecule has 0 N–H and O–H groups in total. The molecular weight excluding hydrogens is 427 g/mol. The Bertz CT molecular complexity index is 998. The van der Waals surface area contributed by atoms with Crippen LogP contribution in [-0.4, -0.2) is 28.1 Å². The summed E-state index contributed by atoms with van der Waals surface area (Å²) in [6.45, 7) is 1.78. The Labute approximate surface area is 160 Å². The molecule has 1 heterocycles. The van der Waals surface area contributed by atoms with E-state index in [1.165, 1.54) is 23.9 Å². The Morgan fingerprint density at radius 2 is 1.85 bits per heavy atom. The van der Waals surface area contributed by atoms with Gasteiger partial charge in [0.25, 0.3) is 0 Å². The van der Waals surface area contributed by atoms with E-state index >= 15 is 0 Å². The van der Waals surface area contributed by atoms with Gasteiger partial charge in [-0.3, -0.25) is 0 Å². The molecule has 5 nitrogen and oxygen atoms in total. The van der Waals surface area contributed by atoms with E-state index in [9.17, 15) is 18.0 Å². The highest BCUT2D eigenvalue weighted by Gasteiger charge is 2.30. The number of rotatable bonds is 3. The van der Waals surface area contributed by atoms with Gasteiger partial charge in [0.15, 0.2) is 0 Å². The Morgan fingerprint density at radius 3 is 2.44 bits per heavy atom. The first-order valence-corrected chi connectivity index (χ1v) is 8.49. The van der Waals surface area contributed by atoms with Crippen molar-refractivity contribution in [1.29, 1.82) is 0 Å². The molecular formula is C18H13BrF3N3O2. The maximum atomic E-state index is 12.7. The van der Waals surface area contributed by atoms with E-state index in [1.807, 2.05) is 0 Å². The number of carbonyl (C=O) groups excluding carboxylic acids is 1. The summed E-state index contributed by atoms with van der Waals surface area (Å²) >= 11 is 3.40. The second-order valence-corrected chi connectivity index (χ2v) is 6.57. The number of hydrogen-bond acceptors (Lipinski definition) is 4. The van der Waals surface area contributed by atoms with Gasteiger partial charge in [-0.25, -0.2) is 9.48 Å². The van der Waals surface area contributed by atoms with Crippen LogP contribution in [0.2, 0.25) is 0 Å². The number of aromatic nitrogens is 3. The lowest BCUT2D eigenvalue weighted by molar-refractivity contribution is -0.137. The Hall–Kier alpha value is -2.68. The summed E-state index contributed by atoms with van der Waals surface area (Å²) in [5.74, 6) is -0.481. The fourth-order valence-corrected chi connectivity index (χ4v) is 2.93. The molecule has 2 aromatic carbocycles. The van der Waals surface area contributed by atoms with Gasteiger partial charge in [0, 0.05) is 10.0 Å². The predicted octanol–water partition coefficient (Wildman–Crippen LogP) is 4.81. The summed E-state index contributed by atoms with van der Waals surface area (Å²) < 4.78 is 44.9. The van der Waals surface area contributed by atoms with Crippen LogP contribution < -0.4 is 0 Å². The molecule has 140 valence electrons. The molecule has 0 saturated heterocycles. The standard InChI is InChI=1S/C18H13BrF3N3O2/c1-10-14(17(26)27-2)7-11(8-15(10)19)16-9-25(24-23-16)13-5-3-12(4-6-13)18(20,21)22/h3-9H,1-2H3. The Morgan fingerprint density at radius 1 is 1.19 bits per heavy atom. The zero-order chi connectivity index (χ0) is 19.8. The normalized spacial score (nSPS) is 11.5. The molecule has 3 aromatic rings. The van der Waals surface area contributed by atoms with Crippen molar-refractivity contribution in [1.82, 2.24) is 15.0 Å². The summed E-state index contributed by atoms with van der Waals surface area (Å²) in [6, 6.07) is 8.00. The lowest BCUT2D eigenvalue weighted by Gasteiger charge is -2.08. The maximum Gasteiger partial charge on any atom is 0.416 e. The van der Waals surface area contributed by atoms with E-state index in [1.54, 1.807) is 25.3 Å². The summed E-state index contributed by atoms with van der Waals surface area (Å²) in [4.78, 5) is 11.9. The summed E-state index contributed by atoms with van der Waals surface area (Å²) in [7, 11) is 1.29. The summed E-state index contributed by atoms with van der Waals surface area (Å²) in [6.07, 6.45) is -2.83. The van der Waals surface area contributed by atoms with E-state index in [0.717, 1.165) is 17.7 Å². The van der Waals surface area contributed by atoms with Gasteiger partial charge in [-0.05, 0) is 48.9 Å². The van der Waals surface area contributed by atoms with Crippen LogP contribution in [0.25, 0.3) is 16.9 Å². The van der Waals surface area contributed by atoms with Gasteiger partial charge in [0.2, 0.25) is 0 Å². The molecule has 0 saturated carbocycles. The first-order chi connectivity index (χ1) is 12.7. The molecule has 0 radical (unpaired) electrons. The largest absolute Gasteiger partial charge is 0.465 e. The van der Waals surface area contributed by atoms with E-state index in [2.05, 4.69) is 26.2 Å². The van der Waals surface area contributed by atoms with Gasteiger partial charge in [-0.2, -0.15) is 13.2 Å². The highest BCUT2D eigenvalue weighted by molar-refractivity contribution is 9.10. The molecule has 0 aliphatic rings. The van der Waals surface area contributed by atoms with E-state index in [0.29, 0.717) is 27.0 Å². The number of alkyl halides is 3. The van der Waals surface area contributed by atoms with Crippen molar-refractivity contribution in [2.45, 2.75) is 13.1 Å². The van der Waals surface area contributed by atoms with Crippen molar-refractivity contribution in [3.63, 3.8) is 0 Å². The van der Waals surface area contributed by atoms with Gasteiger partial charge in [0.1, 0.15) is 5.69 Å². The minimum absolute atomic E-state index is 0.381. The number of ether oxygens (including phenoxy) is 1. The number of benzene rings is 2. The number of carbonyl (C=O) groups is 1. The zero-order valence-electron chi connectivity index (χ0n) is 14.2. The third kappa shape index (κ3) is 3.87. The Balaban J connectivity index is 1.97. The zero-order valence-corrected chi connectivity index (χ0v) is 15.8. The van der Waals surface area contributed by atoms with Crippen LogP contribution in [0.4, 0.5) is 13.2 Å². The first-order valence-electron chi connectivity index (χ1n) is 7.69. The minimum Gasteiger partial charge on any atom is -0.465 e. The molecule has 0 spiro atoms. The SMILES string of the molecule is COC(=O)c1cc(-c2cn(-c3ccc(C(F)(F)F)cc3)nn2)cc(Br)c1C. The monoisotopic (exact) mass is 439 g/mol. The molecule has 0 amide bonds. The number of methoxy groups -OCH3 is 1. The van der Waals surface area contributed by atoms with Gasteiger partial charge in [-0.1, -0.05) is 21.1 Å². The number of nitrogens with zero attached hydrogens (tertiary/aromatic N) is 3. The molecule has 0 atom stereocenters.